The number of nitrogens with zero attached hydrogens (tertiary/aromatic N) is 1. The van der Waals surface area contributed by atoms with Gasteiger partial charge in [-0.25, -0.2) is 0 Å². The molecule has 0 bridgehead atoms. The molecule has 5 nitrogen and oxygen atoms in total. The fourth-order valence-electron chi connectivity index (χ4n) is 3.26. The van der Waals surface area contributed by atoms with Crippen molar-refractivity contribution >= 4 is 23.4 Å². The SMILES string of the molecule is CC(N)C(=O)N1CCC(C(C)NC(=O)c2ccc(Cl)cc2C(F)(F)F)CC1. The van der Waals surface area contributed by atoms with E-state index in [4.69, 9.17) is 17.3 Å². The molecule has 0 spiro atoms. The zero-order chi connectivity index (χ0) is 20.4. The van der Waals surface area contributed by atoms with Crippen LogP contribution in [0.25, 0.3) is 0 Å². The summed E-state index contributed by atoms with van der Waals surface area (Å²) in [5.74, 6) is -0.852. The highest BCUT2D eigenvalue weighted by Crippen LogP contribution is 2.34. The van der Waals surface area contributed by atoms with Gasteiger partial charge in [0, 0.05) is 24.2 Å². The van der Waals surface area contributed by atoms with E-state index in [-0.39, 0.29) is 22.9 Å². The molecule has 2 atom stereocenters. The third-order valence-electron chi connectivity index (χ3n) is 4.84. The second-order valence-electron chi connectivity index (χ2n) is 6.90. The first-order valence-electron chi connectivity index (χ1n) is 8.72. The lowest BCUT2D eigenvalue weighted by atomic mass is 9.89. The molecule has 9 heteroatoms. The van der Waals surface area contributed by atoms with Crippen molar-refractivity contribution in [2.75, 3.05) is 13.1 Å². The Kier molecular flexibility index (Phi) is 6.75. The number of nitrogens with one attached hydrogen (secondary N) is 1. The number of benzene rings is 1. The molecule has 0 aliphatic carbocycles. The van der Waals surface area contributed by atoms with Gasteiger partial charge in [-0.2, -0.15) is 13.2 Å². The van der Waals surface area contributed by atoms with Crippen LogP contribution in [0.2, 0.25) is 5.02 Å². The Morgan fingerprint density at radius 2 is 1.85 bits per heavy atom. The van der Waals surface area contributed by atoms with Crippen LogP contribution in [-0.2, 0) is 11.0 Å². The minimum atomic E-state index is -4.68. The minimum Gasteiger partial charge on any atom is -0.349 e. The number of halogens is 4. The first-order chi connectivity index (χ1) is 12.5. The Bertz CT molecular complexity index is 702. The molecule has 1 aliphatic heterocycles. The molecular formula is C18H23ClF3N3O2. The van der Waals surface area contributed by atoms with Crippen LogP contribution in [0.15, 0.2) is 18.2 Å². The molecule has 150 valence electrons. The van der Waals surface area contributed by atoms with E-state index in [0.29, 0.717) is 25.9 Å². The molecule has 3 N–H and O–H groups in total. The number of hydrogen-bond acceptors (Lipinski definition) is 3. The monoisotopic (exact) mass is 405 g/mol. The number of nitrogens with two attached hydrogens (primary N) is 1. The average molecular weight is 406 g/mol. The van der Waals surface area contributed by atoms with Crippen molar-refractivity contribution in [3.8, 4) is 0 Å². The Morgan fingerprint density at radius 3 is 2.37 bits per heavy atom. The number of hydrogen-bond donors (Lipinski definition) is 2. The summed E-state index contributed by atoms with van der Waals surface area (Å²) in [6, 6.07) is 2.19. The maximum atomic E-state index is 13.2. The van der Waals surface area contributed by atoms with Gasteiger partial charge in [-0.1, -0.05) is 11.6 Å². The highest BCUT2D eigenvalue weighted by Gasteiger charge is 2.36. The first-order valence-corrected chi connectivity index (χ1v) is 9.10. The zero-order valence-electron chi connectivity index (χ0n) is 15.1. The third-order valence-corrected chi connectivity index (χ3v) is 5.07. The molecule has 1 aromatic rings. The van der Waals surface area contributed by atoms with Crippen LogP contribution in [0.5, 0.6) is 0 Å². The van der Waals surface area contributed by atoms with Gasteiger partial charge in [0.2, 0.25) is 5.91 Å². The Balaban J connectivity index is 2.02. The predicted molar refractivity (Wildman–Crippen MR) is 96.3 cm³/mol. The van der Waals surface area contributed by atoms with Crippen LogP contribution in [-0.4, -0.2) is 41.9 Å². The van der Waals surface area contributed by atoms with Crippen molar-refractivity contribution < 1.29 is 22.8 Å². The molecule has 2 rings (SSSR count). The maximum absolute atomic E-state index is 13.2. The van der Waals surface area contributed by atoms with Crippen molar-refractivity contribution in [2.24, 2.45) is 11.7 Å². The second kappa shape index (κ2) is 8.48. The van der Waals surface area contributed by atoms with Crippen LogP contribution in [0.1, 0.15) is 42.6 Å². The van der Waals surface area contributed by atoms with Gasteiger partial charge in [-0.05, 0) is 50.8 Å². The first kappa shape index (κ1) is 21.5. The molecule has 1 saturated heterocycles. The maximum Gasteiger partial charge on any atom is 0.417 e. The predicted octanol–water partition coefficient (Wildman–Crippen LogP) is 3.06. The Labute approximate surface area is 161 Å². The van der Waals surface area contributed by atoms with E-state index < -0.39 is 29.3 Å². The minimum absolute atomic E-state index is 0.0627. The number of amides is 2. The van der Waals surface area contributed by atoms with Crippen LogP contribution in [0, 0.1) is 5.92 Å². The zero-order valence-corrected chi connectivity index (χ0v) is 15.9. The van der Waals surface area contributed by atoms with Gasteiger partial charge in [0.1, 0.15) is 0 Å². The lowest BCUT2D eigenvalue weighted by Crippen LogP contribution is -2.49. The summed E-state index contributed by atoms with van der Waals surface area (Å²) in [5.41, 5.74) is 4.09. The van der Waals surface area contributed by atoms with Gasteiger partial charge in [-0.3, -0.25) is 9.59 Å². The van der Waals surface area contributed by atoms with E-state index in [2.05, 4.69) is 5.32 Å². The molecule has 2 unspecified atom stereocenters. The smallest absolute Gasteiger partial charge is 0.349 e. The summed E-state index contributed by atoms with van der Waals surface area (Å²) in [7, 11) is 0. The van der Waals surface area contributed by atoms with E-state index in [1.54, 1.807) is 18.7 Å². The van der Waals surface area contributed by atoms with Gasteiger partial charge in [0.25, 0.3) is 5.91 Å². The molecule has 0 radical (unpaired) electrons. The van der Waals surface area contributed by atoms with Crippen molar-refractivity contribution in [3.63, 3.8) is 0 Å². The van der Waals surface area contributed by atoms with Crippen LogP contribution in [0.3, 0.4) is 0 Å². The summed E-state index contributed by atoms with van der Waals surface area (Å²) in [5, 5.41) is 2.57. The molecule has 1 aliphatic rings. The third kappa shape index (κ3) is 5.35. The van der Waals surface area contributed by atoms with Crippen molar-refractivity contribution in [1.82, 2.24) is 10.2 Å². The van der Waals surface area contributed by atoms with Gasteiger partial charge < -0.3 is 16.0 Å². The summed E-state index contributed by atoms with van der Waals surface area (Å²) in [4.78, 5) is 26.0. The van der Waals surface area contributed by atoms with Gasteiger partial charge in [0.15, 0.2) is 0 Å². The Hall–Kier alpha value is -1.80. The number of likely N-dealkylation sites (tertiary alicyclic amines) is 1. The van der Waals surface area contributed by atoms with Gasteiger partial charge >= 0.3 is 6.18 Å². The average Bonchev–Trinajstić information content (AvgIpc) is 2.60. The van der Waals surface area contributed by atoms with E-state index in [1.165, 1.54) is 6.07 Å². The second-order valence-corrected chi connectivity index (χ2v) is 7.34. The number of carbonyl (C=O) groups excluding carboxylic acids is 2. The summed E-state index contributed by atoms with van der Waals surface area (Å²) < 4.78 is 39.5. The van der Waals surface area contributed by atoms with E-state index >= 15 is 0 Å². The lowest BCUT2D eigenvalue weighted by molar-refractivity contribution is -0.138. The topological polar surface area (TPSA) is 75.4 Å². The van der Waals surface area contributed by atoms with E-state index in [9.17, 15) is 22.8 Å². The molecule has 27 heavy (non-hydrogen) atoms. The number of alkyl halides is 3. The van der Waals surface area contributed by atoms with Gasteiger partial charge in [-0.15, -0.1) is 0 Å². The molecule has 0 saturated carbocycles. The lowest BCUT2D eigenvalue weighted by Gasteiger charge is -2.36. The normalized spacial score (nSPS) is 18.1. The molecule has 1 fully saturated rings. The molecule has 1 heterocycles. The number of carbonyl (C=O) groups is 2. The molecular weight excluding hydrogens is 383 g/mol. The fraction of sp³-hybridized carbons (Fsp3) is 0.556. The van der Waals surface area contributed by atoms with E-state index in [1.807, 2.05) is 0 Å². The van der Waals surface area contributed by atoms with Crippen LogP contribution >= 0.6 is 11.6 Å². The largest absolute Gasteiger partial charge is 0.417 e. The highest BCUT2D eigenvalue weighted by atomic mass is 35.5. The molecule has 2 amide bonds. The van der Waals surface area contributed by atoms with Crippen molar-refractivity contribution in [2.45, 2.75) is 44.9 Å². The fourth-order valence-corrected chi connectivity index (χ4v) is 3.43. The summed E-state index contributed by atoms with van der Waals surface area (Å²) >= 11 is 5.64. The van der Waals surface area contributed by atoms with E-state index in [0.717, 1.165) is 12.1 Å². The van der Waals surface area contributed by atoms with Crippen molar-refractivity contribution in [1.29, 1.82) is 0 Å². The standard InChI is InChI=1S/C18H23ClF3N3O2/c1-10(23)17(27)25-7-5-12(6-8-25)11(2)24-16(26)14-4-3-13(19)9-15(14)18(20,21)22/h3-4,9-12H,5-8,23H2,1-2H3,(H,24,26). The van der Waals surface area contributed by atoms with Crippen LogP contribution in [0.4, 0.5) is 13.2 Å². The quantitative estimate of drug-likeness (QED) is 0.808. The summed E-state index contributed by atoms with van der Waals surface area (Å²) in [6.07, 6.45) is -3.38. The Morgan fingerprint density at radius 1 is 1.26 bits per heavy atom. The van der Waals surface area contributed by atoms with Gasteiger partial charge in [0.05, 0.1) is 17.2 Å². The summed E-state index contributed by atoms with van der Waals surface area (Å²) in [6.45, 7) is 4.41. The number of piperidine rings is 1. The van der Waals surface area contributed by atoms with Crippen molar-refractivity contribution in [3.05, 3.63) is 34.3 Å². The van der Waals surface area contributed by atoms with Crippen LogP contribution < -0.4 is 11.1 Å². The molecule has 0 aromatic heterocycles. The molecule has 1 aromatic carbocycles. The highest BCUT2D eigenvalue weighted by molar-refractivity contribution is 6.30. The number of rotatable bonds is 4.